The van der Waals surface area contributed by atoms with Gasteiger partial charge in [0, 0.05) is 0 Å². The van der Waals surface area contributed by atoms with Crippen LogP contribution in [-0.2, 0) is 12.8 Å². The van der Waals surface area contributed by atoms with Crippen molar-refractivity contribution in [2.24, 2.45) is 29.1 Å². The summed E-state index contributed by atoms with van der Waals surface area (Å²) in [6.07, 6.45) is 15.7. The average molecular weight is 379 g/mol. The van der Waals surface area contributed by atoms with Gasteiger partial charge in [0.2, 0.25) is 0 Å². The third-order valence-corrected chi connectivity index (χ3v) is 9.35. The van der Waals surface area contributed by atoms with Gasteiger partial charge in [-0.1, -0.05) is 65.7 Å². The van der Waals surface area contributed by atoms with E-state index in [0.29, 0.717) is 5.41 Å². The highest BCUT2D eigenvalue weighted by Crippen LogP contribution is 2.61. The monoisotopic (exact) mass is 378 g/mol. The van der Waals surface area contributed by atoms with Crippen molar-refractivity contribution in [3.05, 3.63) is 40.0 Å². The van der Waals surface area contributed by atoms with Crippen LogP contribution in [0.4, 0.5) is 0 Å². The van der Waals surface area contributed by atoms with Gasteiger partial charge in [-0.25, -0.2) is 0 Å². The number of hydrogen-bond donors (Lipinski definition) is 0. The Morgan fingerprint density at radius 2 is 1.86 bits per heavy atom. The van der Waals surface area contributed by atoms with E-state index in [0.717, 1.165) is 29.6 Å². The molecular weight excluding hydrogens is 336 g/mol. The Morgan fingerprint density at radius 1 is 1.07 bits per heavy atom. The van der Waals surface area contributed by atoms with E-state index >= 15 is 0 Å². The Balaban J connectivity index is 1.58. The maximum Gasteiger partial charge on any atom is -0.0102 e. The second-order valence-electron chi connectivity index (χ2n) is 11.1. The molecule has 0 aromatic heterocycles. The van der Waals surface area contributed by atoms with Crippen LogP contribution < -0.4 is 0 Å². The Kier molecular flexibility index (Phi) is 5.54. The quantitative estimate of drug-likeness (QED) is 0.485. The molecule has 3 aliphatic carbocycles. The molecule has 28 heavy (non-hydrogen) atoms. The normalized spacial score (nSPS) is 30.7. The zero-order chi connectivity index (χ0) is 20.1. The fraction of sp³-hybridized carbons (Fsp3) is 0.714. The van der Waals surface area contributed by atoms with Crippen molar-refractivity contribution in [3.63, 3.8) is 0 Å². The van der Waals surface area contributed by atoms with Crippen molar-refractivity contribution >= 4 is 6.08 Å². The maximum atomic E-state index is 2.66. The van der Waals surface area contributed by atoms with E-state index in [9.17, 15) is 0 Å². The minimum absolute atomic E-state index is 0.526. The van der Waals surface area contributed by atoms with E-state index in [2.05, 4.69) is 59.8 Å². The summed E-state index contributed by atoms with van der Waals surface area (Å²) in [4.78, 5) is 0. The average Bonchev–Trinajstić information content (AvgIpc) is 3.03. The van der Waals surface area contributed by atoms with Gasteiger partial charge in [-0.15, -0.1) is 0 Å². The number of fused-ring (bicyclic) bond motifs is 4. The lowest BCUT2D eigenvalue weighted by atomic mass is 9.59. The van der Waals surface area contributed by atoms with E-state index in [-0.39, 0.29) is 0 Å². The molecule has 3 aliphatic rings. The first-order valence-electron chi connectivity index (χ1n) is 12.1. The number of rotatable bonds is 5. The lowest BCUT2D eigenvalue weighted by Crippen LogP contribution is -2.35. The third kappa shape index (κ3) is 3.29. The molecule has 1 saturated carbocycles. The Labute approximate surface area is 174 Å². The SMILES string of the molecule is Cc1c2c(cc3c1CCC1(C)C3CCC1C(C)CCC(C)C(C)C)CCC=C2. The third-order valence-electron chi connectivity index (χ3n) is 9.35. The molecule has 0 amide bonds. The lowest BCUT2D eigenvalue weighted by molar-refractivity contribution is 0.115. The van der Waals surface area contributed by atoms with Gasteiger partial charge in [0.05, 0.1) is 0 Å². The molecule has 0 N–H and O–H groups in total. The molecule has 0 radical (unpaired) electrons. The number of aryl methyl sites for hydroxylation is 1. The van der Waals surface area contributed by atoms with Crippen LogP contribution in [0.3, 0.4) is 0 Å². The topological polar surface area (TPSA) is 0 Å². The standard InChI is InChI=1S/C28H42/c1-18(2)19(3)11-12-20(4)26-13-14-27-25-17-22-9-7-8-10-23(22)21(5)24(25)15-16-28(26,27)6/h8,10,17-20,26-27H,7,9,11-16H2,1-6H3. The maximum absolute atomic E-state index is 2.66. The molecule has 0 saturated heterocycles. The molecule has 0 heterocycles. The van der Waals surface area contributed by atoms with Crippen LogP contribution in [0.25, 0.3) is 6.08 Å². The van der Waals surface area contributed by atoms with Crippen LogP contribution in [0.5, 0.6) is 0 Å². The van der Waals surface area contributed by atoms with E-state index < -0.39 is 0 Å². The molecule has 4 rings (SSSR count). The van der Waals surface area contributed by atoms with Crippen LogP contribution in [0.15, 0.2) is 12.1 Å². The molecule has 0 aliphatic heterocycles. The van der Waals surface area contributed by atoms with Crippen LogP contribution in [0.1, 0.15) is 107 Å². The largest absolute Gasteiger partial charge is 0.0836 e. The first-order chi connectivity index (χ1) is 13.3. The molecule has 5 atom stereocenters. The van der Waals surface area contributed by atoms with Gasteiger partial charge in [0.15, 0.2) is 0 Å². The van der Waals surface area contributed by atoms with Gasteiger partial charge in [-0.2, -0.15) is 0 Å². The molecule has 0 spiro atoms. The molecule has 1 fully saturated rings. The van der Waals surface area contributed by atoms with E-state index in [1.54, 1.807) is 27.8 Å². The number of hydrogen-bond acceptors (Lipinski definition) is 0. The Bertz CT molecular complexity index is 752. The summed E-state index contributed by atoms with van der Waals surface area (Å²) in [6, 6.07) is 2.65. The fourth-order valence-electron chi connectivity index (χ4n) is 7.02. The second kappa shape index (κ2) is 7.66. The highest BCUT2D eigenvalue weighted by molar-refractivity contribution is 5.64. The van der Waals surface area contributed by atoms with Crippen molar-refractivity contribution in [1.82, 2.24) is 0 Å². The van der Waals surface area contributed by atoms with Crippen molar-refractivity contribution in [2.75, 3.05) is 0 Å². The number of benzene rings is 1. The predicted octanol–water partition coefficient (Wildman–Crippen LogP) is 8.11. The highest BCUT2D eigenvalue weighted by Gasteiger charge is 2.51. The summed E-state index contributed by atoms with van der Waals surface area (Å²) in [5, 5.41) is 0. The van der Waals surface area contributed by atoms with Crippen molar-refractivity contribution in [2.45, 2.75) is 98.8 Å². The minimum Gasteiger partial charge on any atom is -0.0836 e. The summed E-state index contributed by atoms with van der Waals surface area (Å²) < 4.78 is 0. The van der Waals surface area contributed by atoms with Crippen LogP contribution in [-0.4, -0.2) is 0 Å². The summed E-state index contributed by atoms with van der Waals surface area (Å²) in [5.74, 6) is 4.28. The molecule has 5 unspecified atom stereocenters. The summed E-state index contributed by atoms with van der Waals surface area (Å²) in [5.41, 5.74) is 8.79. The van der Waals surface area contributed by atoms with E-state index in [1.165, 1.54) is 51.4 Å². The first kappa shape index (κ1) is 20.2. The Hall–Kier alpha value is -1.04. The van der Waals surface area contributed by atoms with Gasteiger partial charge in [-0.3, -0.25) is 0 Å². The molecule has 154 valence electrons. The zero-order valence-corrected chi connectivity index (χ0v) is 19.3. The Morgan fingerprint density at radius 3 is 2.61 bits per heavy atom. The molecule has 0 heteroatoms. The smallest absolute Gasteiger partial charge is 0.0102 e. The first-order valence-corrected chi connectivity index (χ1v) is 12.1. The van der Waals surface area contributed by atoms with Crippen LogP contribution >= 0.6 is 0 Å². The predicted molar refractivity (Wildman–Crippen MR) is 123 cm³/mol. The summed E-state index contributed by atoms with van der Waals surface area (Å²) in [6.45, 7) is 14.9. The molecule has 0 bridgehead atoms. The fourth-order valence-corrected chi connectivity index (χ4v) is 7.02. The van der Waals surface area contributed by atoms with Crippen molar-refractivity contribution < 1.29 is 0 Å². The van der Waals surface area contributed by atoms with Gasteiger partial charge in [-0.05, 0) is 108 Å². The summed E-state index contributed by atoms with van der Waals surface area (Å²) >= 11 is 0. The molecule has 0 nitrogen and oxygen atoms in total. The van der Waals surface area contributed by atoms with Crippen LogP contribution in [0, 0.1) is 36.0 Å². The van der Waals surface area contributed by atoms with E-state index in [4.69, 9.17) is 0 Å². The molecular formula is C28H42. The van der Waals surface area contributed by atoms with Gasteiger partial charge in [0.1, 0.15) is 0 Å². The summed E-state index contributed by atoms with van der Waals surface area (Å²) in [7, 11) is 0. The van der Waals surface area contributed by atoms with Crippen molar-refractivity contribution in [1.29, 1.82) is 0 Å². The molecule has 1 aromatic carbocycles. The zero-order valence-electron chi connectivity index (χ0n) is 19.3. The highest BCUT2D eigenvalue weighted by atomic mass is 14.6. The number of allylic oxidation sites excluding steroid dienone is 1. The minimum atomic E-state index is 0.526. The van der Waals surface area contributed by atoms with Crippen LogP contribution in [0.2, 0.25) is 0 Å². The lowest BCUT2D eigenvalue weighted by Gasteiger charge is -2.45. The second-order valence-corrected chi connectivity index (χ2v) is 11.1. The van der Waals surface area contributed by atoms with Crippen molar-refractivity contribution in [3.8, 4) is 0 Å². The van der Waals surface area contributed by atoms with Gasteiger partial charge >= 0.3 is 0 Å². The van der Waals surface area contributed by atoms with E-state index in [1.807, 2.05) is 0 Å². The van der Waals surface area contributed by atoms with Gasteiger partial charge < -0.3 is 0 Å². The van der Waals surface area contributed by atoms with Gasteiger partial charge in [0.25, 0.3) is 0 Å². The molecule has 1 aromatic rings.